The number of ether oxygens (including phenoxy) is 3. The number of esters is 1. The Hall–Kier alpha value is -3.26. The van der Waals surface area contributed by atoms with Crippen LogP contribution in [0.5, 0.6) is 11.5 Å². The minimum atomic E-state index is -0.688. The summed E-state index contributed by atoms with van der Waals surface area (Å²) in [5, 5.41) is 3.07. The van der Waals surface area contributed by atoms with Crippen molar-refractivity contribution in [2.75, 3.05) is 37.6 Å². The third-order valence-corrected chi connectivity index (χ3v) is 4.82. The van der Waals surface area contributed by atoms with Crippen LogP contribution in [-0.4, -0.2) is 45.2 Å². The molecule has 2 amide bonds. The molecule has 1 atom stereocenters. The normalized spacial score (nSPS) is 15.6. The lowest BCUT2D eigenvalue weighted by atomic mass is 10.1. The van der Waals surface area contributed by atoms with Gasteiger partial charge in [-0.2, -0.15) is 0 Å². The van der Waals surface area contributed by atoms with Crippen molar-refractivity contribution in [3.05, 3.63) is 47.5 Å². The van der Waals surface area contributed by atoms with E-state index >= 15 is 0 Å². The predicted molar refractivity (Wildman–Crippen MR) is 111 cm³/mol. The van der Waals surface area contributed by atoms with Gasteiger partial charge in [0.1, 0.15) is 11.5 Å². The van der Waals surface area contributed by atoms with E-state index in [0.717, 1.165) is 0 Å². The summed E-state index contributed by atoms with van der Waals surface area (Å²) in [6.45, 7) is -0.338. The molecule has 9 heteroatoms. The molecule has 0 unspecified atom stereocenters. The molecule has 1 saturated heterocycles. The summed E-state index contributed by atoms with van der Waals surface area (Å²) < 4.78 is 15.6. The van der Waals surface area contributed by atoms with Crippen LogP contribution in [0.15, 0.2) is 42.5 Å². The van der Waals surface area contributed by atoms with Crippen molar-refractivity contribution in [3.63, 3.8) is 0 Å². The molecule has 1 aliphatic rings. The largest absolute Gasteiger partial charge is 0.497 e. The van der Waals surface area contributed by atoms with E-state index in [-0.39, 0.29) is 18.9 Å². The third-order valence-electron chi connectivity index (χ3n) is 4.59. The molecule has 0 spiro atoms. The average molecular weight is 433 g/mol. The second kappa shape index (κ2) is 9.49. The minimum absolute atomic E-state index is 0.0187. The highest BCUT2D eigenvalue weighted by Gasteiger charge is 2.37. The summed E-state index contributed by atoms with van der Waals surface area (Å²) in [5.41, 5.74) is 1.01. The second-order valence-corrected chi connectivity index (χ2v) is 7.05. The first-order chi connectivity index (χ1) is 14.4. The smallest absolute Gasteiger partial charge is 0.311 e. The van der Waals surface area contributed by atoms with Crippen LogP contribution in [0.2, 0.25) is 5.02 Å². The first-order valence-electron chi connectivity index (χ1n) is 9.15. The van der Waals surface area contributed by atoms with Crippen molar-refractivity contribution in [1.82, 2.24) is 0 Å². The molecule has 2 aromatic carbocycles. The van der Waals surface area contributed by atoms with Crippen LogP contribution >= 0.6 is 11.6 Å². The number of methoxy groups -OCH3 is 2. The molecule has 0 saturated carbocycles. The Morgan fingerprint density at radius 1 is 1.17 bits per heavy atom. The second-order valence-electron chi connectivity index (χ2n) is 6.61. The van der Waals surface area contributed by atoms with E-state index < -0.39 is 24.4 Å². The number of carbonyl (C=O) groups is 3. The molecule has 8 nitrogen and oxygen atoms in total. The van der Waals surface area contributed by atoms with E-state index in [1.54, 1.807) is 42.5 Å². The highest BCUT2D eigenvalue weighted by atomic mass is 35.5. The van der Waals surface area contributed by atoms with Gasteiger partial charge >= 0.3 is 5.97 Å². The fourth-order valence-electron chi connectivity index (χ4n) is 3.12. The Kier molecular flexibility index (Phi) is 6.79. The summed E-state index contributed by atoms with van der Waals surface area (Å²) in [5.74, 6) is -1.00. The molecule has 1 N–H and O–H groups in total. The molecule has 1 aliphatic heterocycles. The number of rotatable bonds is 7. The van der Waals surface area contributed by atoms with E-state index in [0.29, 0.717) is 27.9 Å². The van der Waals surface area contributed by atoms with Gasteiger partial charge in [0.15, 0.2) is 6.61 Å². The minimum Gasteiger partial charge on any atom is -0.497 e. The number of hydrogen-bond donors (Lipinski definition) is 1. The summed E-state index contributed by atoms with van der Waals surface area (Å²) in [6, 6.07) is 11.7. The molecule has 1 fully saturated rings. The molecule has 0 radical (unpaired) electrons. The van der Waals surface area contributed by atoms with Crippen LogP contribution in [0.4, 0.5) is 11.4 Å². The number of anilines is 2. The summed E-state index contributed by atoms with van der Waals surface area (Å²) in [6.07, 6.45) is -0.0187. The predicted octanol–water partition coefficient (Wildman–Crippen LogP) is 2.89. The maximum atomic E-state index is 12.5. The molecule has 0 bridgehead atoms. The number of halogens is 1. The van der Waals surface area contributed by atoms with Crippen molar-refractivity contribution in [3.8, 4) is 11.5 Å². The van der Waals surface area contributed by atoms with E-state index in [2.05, 4.69) is 5.32 Å². The van der Waals surface area contributed by atoms with Crippen molar-refractivity contribution in [1.29, 1.82) is 0 Å². The maximum Gasteiger partial charge on any atom is 0.311 e. The van der Waals surface area contributed by atoms with Crippen LogP contribution in [0.3, 0.4) is 0 Å². The lowest BCUT2D eigenvalue weighted by Gasteiger charge is -2.20. The highest BCUT2D eigenvalue weighted by molar-refractivity contribution is 6.30. The van der Waals surface area contributed by atoms with Crippen molar-refractivity contribution < 1.29 is 28.6 Å². The lowest BCUT2D eigenvalue weighted by Crippen LogP contribution is -2.28. The first-order valence-corrected chi connectivity index (χ1v) is 9.53. The Morgan fingerprint density at radius 2 is 1.97 bits per heavy atom. The number of benzene rings is 2. The van der Waals surface area contributed by atoms with Crippen LogP contribution in [0.1, 0.15) is 6.42 Å². The van der Waals surface area contributed by atoms with Gasteiger partial charge in [0.25, 0.3) is 5.91 Å². The van der Waals surface area contributed by atoms with Gasteiger partial charge in [0, 0.05) is 29.7 Å². The summed E-state index contributed by atoms with van der Waals surface area (Å²) in [4.78, 5) is 38.4. The van der Waals surface area contributed by atoms with Gasteiger partial charge in [-0.15, -0.1) is 0 Å². The van der Waals surface area contributed by atoms with Gasteiger partial charge < -0.3 is 24.4 Å². The van der Waals surface area contributed by atoms with Gasteiger partial charge in [0.05, 0.1) is 25.8 Å². The number of amides is 2. The van der Waals surface area contributed by atoms with Gasteiger partial charge in [-0.1, -0.05) is 17.7 Å². The molecule has 2 aromatic rings. The Bertz CT molecular complexity index is 964. The quantitative estimate of drug-likeness (QED) is 0.676. The lowest BCUT2D eigenvalue weighted by molar-refractivity contribution is -0.151. The zero-order chi connectivity index (χ0) is 21.7. The van der Waals surface area contributed by atoms with Crippen molar-refractivity contribution in [2.45, 2.75) is 6.42 Å². The number of carbonyl (C=O) groups excluding carboxylic acids is 3. The first kappa shape index (κ1) is 21.4. The molecule has 0 aliphatic carbocycles. The summed E-state index contributed by atoms with van der Waals surface area (Å²) in [7, 11) is 3.02. The topological polar surface area (TPSA) is 94.2 Å². The van der Waals surface area contributed by atoms with Gasteiger partial charge in [-0.25, -0.2) is 0 Å². The fraction of sp³-hybridized carbons (Fsp3) is 0.286. The Morgan fingerprint density at radius 3 is 2.67 bits per heavy atom. The van der Waals surface area contributed by atoms with Crippen LogP contribution in [0, 0.1) is 5.92 Å². The van der Waals surface area contributed by atoms with Crippen molar-refractivity contribution in [2.24, 2.45) is 5.92 Å². The van der Waals surface area contributed by atoms with E-state index in [1.807, 2.05) is 0 Å². The van der Waals surface area contributed by atoms with E-state index in [9.17, 15) is 14.4 Å². The molecule has 0 aromatic heterocycles. The van der Waals surface area contributed by atoms with Gasteiger partial charge in [-0.3, -0.25) is 14.4 Å². The highest BCUT2D eigenvalue weighted by Crippen LogP contribution is 2.36. The van der Waals surface area contributed by atoms with Crippen molar-refractivity contribution >= 4 is 40.8 Å². The molecule has 1 heterocycles. The summed E-state index contributed by atoms with van der Waals surface area (Å²) >= 11 is 5.87. The third kappa shape index (κ3) is 5.01. The van der Waals surface area contributed by atoms with E-state index in [4.69, 9.17) is 25.8 Å². The fourth-order valence-corrected chi connectivity index (χ4v) is 3.31. The standard InChI is InChI=1S/C21H21ClN2O6/c1-28-16-6-7-18(29-2)17(10-16)24-11-13(8-20(24)26)21(27)30-12-19(25)23-15-5-3-4-14(22)9-15/h3-7,9-10,13H,8,11-12H2,1-2H3,(H,23,25)/t13-/m0/s1. The van der Waals surface area contributed by atoms with E-state index in [1.165, 1.54) is 19.1 Å². The molecule has 158 valence electrons. The number of hydrogen-bond acceptors (Lipinski definition) is 6. The molecule has 30 heavy (non-hydrogen) atoms. The maximum absolute atomic E-state index is 12.5. The number of nitrogens with one attached hydrogen (secondary N) is 1. The Labute approximate surface area is 178 Å². The Balaban J connectivity index is 1.59. The molecular weight excluding hydrogens is 412 g/mol. The van der Waals surface area contributed by atoms with Crippen LogP contribution in [0.25, 0.3) is 0 Å². The van der Waals surface area contributed by atoms with Gasteiger partial charge in [0.2, 0.25) is 5.91 Å². The van der Waals surface area contributed by atoms with Crippen LogP contribution < -0.4 is 19.7 Å². The van der Waals surface area contributed by atoms with Crippen LogP contribution in [-0.2, 0) is 19.1 Å². The average Bonchev–Trinajstić information content (AvgIpc) is 3.13. The zero-order valence-corrected chi connectivity index (χ0v) is 17.3. The number of nitrogens with zero attached hydrogens (tertiary/aromatic N) is 1. The molecular formula is C21H21ClN2O6. The zero-order valence-electron chi connectivity index (χ0n) is 16.5. The van der Waals surface area contributed by atoms with Gasteiger partial charge in [-0.05, 0) is 30.3 Å². The molecule has 3 rings (SSSR count). The SMILES string of the molecule is COc1ccc(OC)c(N2C[C@@H](C(=O)OCC(=O)Nc3cccc(Cl)c3)CC2=O)c1. The monoisotopic (exact) mass is 432 g/mol.